The summed E-state index contributed by atoms with van der Waals surface area (Å²) < 4.78 is 51.1. The predicted octanol–water partition coefficient (Wildman–Crippen LogP) is 3.17. The number of anilines is 1. The lowest BCUT2D eigenvalue weighted by Crippen LogP contribution is -2.08. The van der Waals surface area contributed by atoms with Crippen LogP contribution in [0.15, 0.2) is 41.3 Å². The summed E-state index contributed by atoms with van der Waals surface area (Å²) >= 11 is 5.51. The van der Waals surface area contributed by atoms with Crippen LogP contribution in [0.3, 0.4) is 0 Å². The van der Waals surface area contributed by atoms with E-state index in [2.05, 4.69) is 0 Å². The molecule has 0 aliphatic heterocycles. The van der Waals surface area contributed by atoms with Crippen LogP contribution >= 0.6 is 11.6 Å². The van der Waals surface area contributed by atoms with Crippen molar-refractivity contribution in [2.45, 2.75) is 10.6 Å². The third-order valence-electron chi connectivity index (χ3n) is 2.63. The third-order valence-corrected chi connectivity index (χ3v) is 4.65. The lowest BCUT2D eigenvalue weighted by Gasteiger charge is -2.07. The summed E-state index contributed by atoms with van der Waals surface area (Å²) in [5.41, 5.74) is 5.67. The zero-order valence-corrected chi connectivity index (χ0v) is 11.7. The maximum absolute atomic E-state index is 13.6. The standard InChI is InChI=1S/C13H10ClF2NO2S/c14-10-3-1-8(5-11(10)15)7-20(18,19)13-4-2-9(17)6-12(13)16/h1-6H,7,17H2. The number of nitrogen functional groups attached to an aromatic ring is 1. The number of hydrogen-bond acceptors (Lipinski definition) is 3. The summed E-state index contributed by atoms with van der Waals surface area (Å²) in [6.07, 6.45) is 0. The van der Waals surface area contributed by atoms with Crippen LogP contribution in [-0.2, 0) is 15.6 Å². The van der Waals surface area contributed by atoms with Gasteiger partial charge in [0.05, 0.1) is 10.8 Å². The molecule has 0 saturated heterocycles. The fourth-order valence-electron chi connectivity index (χ4n) is 1.70. The average molecular weight is 318 g/mol. The van der Waals surface area contributed by atoms with Gasteiger partial charge in [-0.3, -0.25) is 0 Å². The summed E-state index contributed by atoms with van der Waals surface area (Å²) in [6.45, 7) is 0. The Kier molecular flexibility index (Phi) is 3.96. The monoisotopic (exact) mass is 317 g/mol. The summed E-state index contributed by atoms with van der Waals surface area (Å²) in [6, 6.07) is 6.94. The van der Waals surface area contributed by atoms with Crippen LogP contribution in [0.5, 0.6) is 0 Å². The van der Waals surface area contributed by atoms with Crippen LogP contribution in [-0.4, -0.2) is 8.42 Å². The molecule has 2 rings (SSSR count). The molecule has 0 aliphatic carbocycles. The molecule has 0 radical (unpaired) electrons. The van der Waals surface area contributed by atoms with Crippen molar-refractivity contribution < 1.29 is 17.2 Å². The van der Waals surface area contributed by atoms with E-state index in [9.17, 15) is 17.2 Å². The Bertz CT molecular complexity index is 763. The fourth-order valence-corrected chi connectivity index (χ4v) is 3.22. The molecule has 2 N–H and O–H groups in total. The topological polar surface area (TPSA) is 60.2 Å². The Balaban J connectivity index is 2.38. The van der Waals surface area contributed by atoms with Crippen LogP contribution in [0.1, 0.15) is 5.56 Å². The van der Waals surface area contributed by atoms with Gasteiger partial charge in [0.15, 0.2) is 9.84 Å². The highest BCUT2D eigenvalue weighted by Gasteiger charge is 2.20. The van der Waals surface area contributed by atoms with Crippen molar-refractivity contribution in [1.82, 2.24) is 0 Å². The van der Waals surface area contributed by atoms with Crippen molar-refractivity contribution >= 4 is 27.1 Å². The van der Waals surface area contributed by atoms with E-state index in [0.29, 0.717) is 0 Å². The number of halogens is 3. The van der Waals surface area contributed by atoms with Crippen LogP contribution in [0, 0.1) is 11.6 Å². The molecule has 0 aromatic heterocycles. The number of hydrogen-bond donors (Lipinski definition) is 1. The molecule has 0 spiro atoms. The number of benzene rings is 2. The molecule has 3 nitrogen and oxygen atoms in total. The van der Waals surface area contributed by atoms with Gasteiger partial charge in [-0.1, -0.05) is 17.7 Å². The zero-order valence-electron chi connectivity index (χ0n) is 10.1. The van der Waals surface area contributed by atoms with E-state index in [1.807, 2.05) is 0 Å². The molecule has 2 aromatic carbocycles. The Morgan fingerprint density at radius 1 is 1.05 bits per heavy atom. The lowest BCUT2D eigenvalue weighted by atomic mass is 10.2. The molecule has 20 heavy (non-hydrogen) atoms. The maximum atomic E-state index is 13.6. The van der Waals surface area contributed by atoms with Crippen molar-refractivity contribution in [1.29, 1.82) is 0 Å². The van der Waals surface area contributed by atoms with Gasteiger partial charge in [0.25, 0.3) is 0 Å². The first-order valence-electron chi connectivity index (χ1n) is 5.51. The van der Waals surface area contributed by atoms with Crippen LogP contribution in [0.25, 0.3) is 0 Å². The summed E-state index contributed by atoms with van der Waals surface area (Å²) in [5.74, 6) is -2.18. The molecule has 0 bridgehead atoms. The Labute approximate surface area is 119 Å². The Hall–Kier alpha value is -1.66. The van der Waals surface area contributed by atoms with E-state index in [1.54, 1.807) is 0 Å². The van der Waals surface area contributed by atoms with Gasteiger partial charge < -0.3 is 5.73 Å². The molecule has 0 amide bonds. The quantitative estimate of drug-likeness (QED) is 0.884. The third kappa shape index (κ3) is 3.08. The van der Waals surface area contributed by atoms with Gasteiger partial charge in [0, 0.05) is 5.69 Å². The van der Waals surface area contributed by atoms with E-state index in [0.717, 1.165) is 18.2 Å². The normalized spacial score (nSPS) is 11.6. The first-order valence-corrected chi connectivity index (χ1v) is 7.54. The van der Waals surface area contributed by atoms with Gasteiger partial charge in [0.1, 0.15) is 16.5 Å². The number of rotatable bonds is 3. The molecule has 7 heteroatoms. The summed E-state index contributed by atoms with van der Waals surface area (Å²) in [5, 5.41) is -0.107. The fraction of sp³-hybridized carbons (Fsp3) is 0.0769. The molecule has 0 fully saturated rings. The Morgan fingerprint density at radius 3 is 2.35 bits per heavy atom. The first-order chi connectivity index (χ1) is 9.29. The van der Waals surface area contributed by atoms with Crippen molar-refractivity contribution in [2.75, 3.05) is 5.73 Å². The smallest absolute Gasteiger partial charge is 0.185 e. The molecule has 106 valence electrons. The molecule has 0 aliphatic rings. The minimum Gasteiger partial charge on any atom is -0.399 e. The largest absolute Gasteiger partial charge is 0.399 e. The van der Waals surface area contributed by atoms with Gasteiger partial charge in [-0.2, -0.15) is 0 Å². The number of nitrogens with two attached hydrogens (primary N) is 1. The highest BCUT2D eigenvalue weighted by Crippen LogP contribution is 2.23. The average Bonchev–Trinajstić information content (AvgIpc) is 2.33. The second kappa shape index (κ2) is 5.38. The van der Waals surface area contributed by atoms with Gasteiger partial charge in [-0.05, 0) is 35.9 Å². The van der Waals surface area contributed by atoms with Crippen LogP contribution < -0.4 is 5.73 Å². The summed E-state index contributed by atoms with van der Waals surface area (Å²) in [7, 11) is -3.93. The SMILES string of the molecule is Nc1ccc(S(=O)(=O)Cc2ccc(Cl)c(F)c2)c(F)c1. The Morgan fingerprint density at radius 2 is 1.75 bits per heavy atom. The van der Waals surface area contributed by atoms with Crippen LogP contribution in [0.4, 0.5) is 14.5 Å². The molecular weight excluding hydrogens is 308 g/mol. The van der Waals surface area contributed by atoms with Gasteiger partial charge in [0.2, 0.25) is 0 Å². The van der Waals surface area contributed by atoms with Crippen LogP contribution in [0.2, 0.25) is 5.02 Å². The highest BCUT2D eigenvalue weighted by atomic mass is 35.5. The molecule has 0 unspecified atom stereocenters. The van der Waals surface area contributed by atoms with E-state index in [4.69, 9.17) is 17.3 Å². The second-order valence-corrected chi connectivity index (χ2v) is 6.56. The van der Waals surface area contributed by atoms with Crippen molar-refractivity contribution in [2.24, 2.45) is 0 Å². The predicted molar refractivity (Wildman–Crippen MR) is 73.1 cm³/mol. The lowest BCUT2D eigenvalue weighted by molar-refractivity contribution is 0.566. The highest BCUT2D eigenvalue weighted by molar-refractivity contribution is 7.90. The van der Waals surface area contributed by atoms with Crippen molar-refractivity contribution in [3.05, 3.63) is 58.6 Å². The second-order valence-electron chi connectivity index (χ2n) is 4.20. The minimum absolute atomic E-state index is 0.107. The minimum atomic E-state index is -3.93. The molecule has 0 heterocycles. The van der Waals surface area contributed by atoms with E-state index in [-0.39, 0.29) is 16.3 Å². The van der Waals surface area contributed by atoms with E-state index < -0.39 is 32.1 Å². The van der Waals surface area contributed by atoms with Gasteiger partial charge >= 0.3 is 0 Å². The molecule has 2 aromatic rings. The van der Waals surface area contributed by atoms with Crippen molar-refractivity contribution in [3.63, 3.8) is 0 Å². The van der Waals surface area contributed by atoms with E-state index in [1.165, 1.54) is 18.2 Å². The molecular formula is C13H10ClF2NO2S. The van der Waals surface area contributed by atoms with E-state index >= 15 is 0 Å². The zero-order chi connectivity index (χ0) is 14.9. The number of sulfone groups is 1. The van der Waals surface area contributed by atoms with Gasteiger partial charge in [-0.25, -0.2) is 17.2 Å². The maximum Gasteiger partial charge on any atom is 0.185 e. The van der Waals surface area contributed by atoms with Crippen molar-refractivity contribution in [3.8, 4) is 0 Å². The molecule has 0 atom stereocenters. The molecule has 0 saturated carbocycles. The first kappa shape index (κ1) is 14.7. The summed E-state index contributed by atoms with van der Waals surface area (Å²) in [4.78, 5) is -0.470. The van der Waals surface area contributed by atoms with Gasteiger partial charge in [-0.15, -0.1) is 0 Å².